The maximum absolute atomic E-state index is 11.2. The molecule has 0 saturated heterocycles. The summed E-state index contributed by atoms with van der Waals surface area (Å²) in [5, 5.41) is 0. The number of rotatable bonds is 11. The minimum Gasteiger partial charge on any atom is -0.516 e. The molecule has 106 valence electrons. The third kappa shape index (κ3) is 9.58. The van der Waals surface area contributed by atoms with Crippen molar-refractivity contribution >= 4 is 15.7 Å². The summed E-state index contributed by atoms with van der Waals surface area (Å²) in [6, 6.07) is 0.848. The summed E-state index contributed by atoms with van der Waals surface area (Å²) >= 11 is 0. The number of carbonyl (C=O) groups excluding carboxylic acids is 1. The molecule has 0 fully saturated rings. The number of hydrogen-bond donors (Lipinski definition) is 0. The molecule has 1 unspecified atom stereocenters. The van der Waals surface area contributed by atoms with Crippen LogP contribution >= 0.6 is 0 Å². The molecule has 0 aromatic heterocycles. The van der Waals surface area contributed by atoms with E-state index >= 15 is 0 Å². The lowest BCUT2D eigenvalue weighted by atomic mass is 10.2. The molecule has 0 bridgehead atoms. The highest BCUT2D eigenvalue weighted by molar-refractivity contribution is 6.30. The SMILES string of the molecule is COCC(COCCC[Si]OC(=O)C(C)C)OC. The Labute approximate surface area is 112 Å². The fourth-order valence-corrected chi connectivity index (χ4v) is 1.84. The number of carbonyl (C=O) groups is 1. The second-order valence-electron chi connectivity index (χ2n) is 4.21. The van der Waals surface area contributed by atoms with E-state index in [1.165, 1.54) is 0 Å². The summed E-state index contributed by atoms with van der Waals surface area (Å²) in [6.45, 7) is 5.37. The zero-order valence-electron chi connectivity index (χ0n) is 11.7. The molecule has 0 heterocycles. The van der Waals surface area contributed by atoms with Crippen LogP contribution in [0.15, 0.2) is 0 Å². The molecule has 0 spiro atoms. The molecule has 0 aliphatic heterocycles. The molecule has 0 aromatic carbocycles. The minimum absolute atomic E-state index is 0.0174. The van der Waals surface area contributed by atoms with Crippen LogP contribution in [-0.4, -0.2) is 55.9 Å². The Morgan fingerprint density at radius 2 is 1.94 bits per heavy atom. The summed E-state index contributed by atoms with van der Waals surface area (Å²) in [4.78, 5) is 11.2. The van der Waals surface area contributed by atoms with Crippen molar-refractivity contribution in [3.05, 3.63) is 0 Å². The average molecular weight is 276 g/mol. The van der Waals surface area contributed by atoms with Gasteiger partial charge in [-0.25, -0.2) is 0 Å². The van der Waals surface area contributed by atoms with Crippen molar-refractivity contribution in [3.63, 3.8) is 0 Å². The minimum atomic E-state index is -0.131. The van der Waals surface area contributed by atoms with Gasteiger partial charge in [0, 0.05) is 26.7 Å². The average Bonchev–Trinajstić information content (AvgIpc) is 2.35. The van der Waals surface area contributed by atoms with Crippen molar-refractivity contribution in [2.45, 2.75) is 32.4 Å². The first-order valence-electron chi connectivity index (χ1n) is 6.14. The highest BCUT2D eigenvalue weighted by Crippen LogP contribution is 1.99. The maximum Gasteiger partial charge on any atom is 0.314 e. The van der Waals surface area contributed by atoms with Gasteiger partial charge < -0.3 is 18.6 Å². The van der Waals surface area contributed by atoms with Crippen LogP contribution in [0.2, 0.25) is 6.04 Å². The van der Waals surface area contributed by atoms with Crippen LogP contribution in [0.5, 0.6) is 0 Å². The third-order valence-electron chi connectivity index (χ3n) is 2.20. The smallest absolute Gasteiger partial charge is 0.314 e. The number of methoxy groups -OCH3 is 2. The highest BCUT2D eigenvalue weighted by atomic mass is 28.2. The van der Waals surface area contributed by atoms with Gasteiger partial charge in [0.2, 0.25) is 0 Å². The summed E-state index contributed by atoms with van der Waals surface area (Å²) in [5.41, 5.74) is 0. The van der Waals surface area contributed by atoms with Crippen molar-refractivity contribution in [2.24, 2.45) is 5.92 Å². The lowest BCUT2D eigenvalue weighted by Crippen LogP contribution is -2.24. The zero-order valence-corrected chi connectivity index (χ0v) is 12.7. The third-order valence-corrected chi connectivity index (χ3v) is 3.10. The second-order valence-corrected chi connectivity index (χ2v) is 5.20. The van der Waals surface area contributed by atoms with E-state index in [9.17, 15) is 4.79 Å². The van der Waals surface area contributed by atoms with Crippen LogP contribution < -0.4 is 0 Å². The molecule has 0 saturated carbocycles. The maximum atomic E-state index is 11.2. The molecule has 0 rings (SSSR count). The van der Waals surface area contributed by atoms with Crippen LogP contribution in [0, 0.1) is 5.92 Å². The van der Waals surface area contributed by atoms with E-state index < -0.39 is 0 Å². The molecule has 0 N–H and O–H groups in total. The largest absolute Gasteiger partial charge is 0.516 e. The van der Waals surface area contributed by atoms with Gasteiger partial charge in [-0.05, 0) is 12.5 Å². The molecular formula is C12H24O5Si. The lowest BCUT2D eigenvalue weighted by molar-refractivity contribution is -0.137. The predicted octanol–water partition coefficient (Wildman–Crippen LogP) is 1.29. The Balaban J connectivity index is 3.32. The van der Waals surface area contributed by atoms with Crippen molar-refractivity contribution < 1.29 is 23.4 Å². The van der Waals surface area contributed by atoms with E-state index in [1.807, 2.05) is 13.8 Å². The fraction of sp³-hybridized carbons (Fsp3) is 0.917. The summed E-state index contributed by atoms with van der Waals surface area (Å²) in [5.74, 6) is -0.181. The summed E-state index contributed by atoms with van der Waals surface area (Å²) in [7, 11) is 3.50. The normalized spacial score (nSPS) is 12.7. The van der Waals surface area contributed by atoms with Gasteiger partial charge in [0.05, 0.1) is 13.2 Å². The van der Waals surface area contributed by atoms with Crippen molar-refractivity contribution in [3.8, 4) is 0 Å². The molecule has 0 aromatic rings. The highest BCUT2D eigenvalue weighted by Gasteiger charge is 2.09. The van der Waals surface area contributed by atoms with Gasteiger partial charge in [0.25, 0.3) is 5.97 Å². The number of ether oxygens (including phenoxy) is 3. The summed E-state index contributed by atoms with van der Waals surface area (Å²) < 4.78 is 20.7. The molecule has 0 amide bonds. The molecule has 1 atom stereocenters. The van der Waals surface area contributed by atoms with Gasteiger partial charge in [-0.2, -0.15) is 0 Å². The van der Waals surface area contributed by atoms with Gasteiger partial charge in [-0.15, -0.1) is 0 Å². The Kier molecular flexibility index (Phi) is 11.4. The van der Waals surface area contributed by atoms with Gasteiger partial charge >= 0.3 is 9.76 Å². The lowest BCUT2D eigenvalue weighted by Gasteiger charge is -2.14. The molecule has 0 aliphatic carbocycles. The molecule has 0 aliphatic rings. The zero-order chi connectivity index (χ0) is 13.8. The van der Waals surface area contributed by atoms with E-state index in [0.29, 0.717) is 19.8 Å². The number of hydrogen-bond acceptors (Lipinski definition) is 5. The van der Waals surface area contributed by atoms with Crippen molar-refractivity contribution in [2.75, 3.05) is 34.0 Å². The van der Waals surface area contributed by atoms with Gasteiger partial charge in [-0.1, -0.05) is 13.8 Å². The van der Waals surface area contributed by atoms with E-state index in [0.717, 1.165) is 12.5 Å². The van der Waals surface area contributed by atoms with Crippen LogP contribution in [-0.2, 0) is 23.4 Å². The first-order chi connectivity index (χ1) is 8.61. The summed E-state index contributed by atoms with van der Waals surface area (Å²) in [6.07, 6.45) is 0.865. The molecule has 2 radical (unpaired) electrons. The molecule has 6 heteroatoms. The van der Waals surface area contributed by atoms with Crippen LogP contribution in [0.4, 0.5) is 0 Å². The van der Waals surface area contributed by atoms with E-state index in [2.05, 4.69) is 0 Å². The Morgan fingerprint density at radius 1 is 1.22 bits per heavy atom. The van der Waals surface area contributed by atoms with E-state index in [-0.39, 0.29) is 27.8 Å². The fourth-order valence-electron chi connectivity index (χ4n) is 1.07. The Bertz CT molecular complexity index is 211. The van der Waals surface area contributed by atoms with Gasteiger partial charge in [0.1, 0.15) is 6.10 Å². The molecule has 5 nitrogen and oxygen atoms in total. The quantitative estimate of drug-likeness (QED) is 0.420. The molecule has 18 heavy (non-hydrogen) atoms. The van der Waals surface area contributed by atoms with Crippen LogP contribution in [0.1, 0.15) is 20.3 Å². The van der Waals surface area contributed by atoms with E-state index in [4.69, 9.17) is 18.6 Å². The first kappa shape index (κ1) is 17.6. The van der Waals surface area contributed by atoms with Crippen molar-refractivity contribution in [1.82, 2.24) is 0 Å². The first-order valence-corrected chi connectivity index (χ1v) is 7.26. The van der Waals surface area contributed by atoms with E-state index in [1.54, 1.807) is 14.2 Å². The topological polar surface area (TPSA) is 54.0 Å². The van der Waals surface area contributed by atoms with Crippen LogP contribution in [0.3, 0.4) is 0 Å². The van der Waals surface area contributed by atoms with Gasteiger partial charge in [0.15, 0.2) is 0 Å². The monoisotopic (exact) mass is 276 g/mol. The Morgan fingerprint density at radius 3 is 2.50 bits per heavy atom. The van der Waals surface area contributed by atoms with Crippen LogP contribution in [0.25, 0.3) is 0 Å². The second kappa shape index (κ2) is 11.6. The predicted molar refractivity (Wildman–Crippen MR) is 69.6 cm³/mol. The van der Waals surface area contributed by atoms with Gasteiger partial charge in [-0.3, -0.25) is 4.79 Å². The molecular weight excluding hydrogens is 252 g/mol. The van der Waals surface area contributed by atoms with Crippen molar-refractivity contribution in [1.29, 1.82) is 0 Å². The Hall–Kier alpha value is -0.433. The standard InChI is InChI=1S/C12H24O5Si/c1-10(2)12(13)17-18-7-5-6-16-9-11(15-4)8-14-3/h10-11H,5-9H2,1-4H3.